The minimum absolute atomic E-state index is 0.0323. The Morgan fingerprint density at radius 3 is 2.44 bits per heavy atom. The molecule has 0 saturated carbocycles. The summed E-state index contributed by atoms with van der Waals surface area (Å²) < 4.78 is 31.8. The largest absolute Gasteiger partial charge is 0.490 e. The highest BCUT2D eigenvalue weighted by Crippen LogP contribution is 2.21. The molecule has 1 amide bonds. The molecule has 0 aromatic heterocycles. The molecule has 0 aliphatic carbocycles. The monoisotopic (exact) mass is 343 g/mol. The Balaban J connectivity index is 1.50. The molecule has 2 aromatic carbocycles. The van der Waals surface area contributed by atoms with Crippen LogP contribution in [0.5, 0.6) is 5.75 Å². The van der Waals surface area contributed by atoms with E-state index in [1.807, 2.05) is 30.3 Å². The fourth-order valence-electron chi connectivity index (χ4n) is 2.77. The molecule has 5 heteroatoms. The van der Waals surface area contributed by atoms with Crippen molar-refractivity contribution >= 4 is 12.0 Å². The van der Waals surface area contributed by atoms with Crippen LogP contribution in [-0.4, -0.2) is 30.0 Å². The van der Waals surface area contributed by atoms with Crippen LogP contribution in [0, 0.1) is 11.6 Å². The van der Waals surface area contributed by atoms with E-state index in [1.165, 1.54) is 6.07 Å². The summed E-state index contributed by atoms with van der Waals surface area (Å²) in [7, 11) is 0. The highest BCUT2D eigenvalue weighted by atomic mass is 19.2. The zero-order valence-corrected chi connectivity index (χ0v) is 13.7. The van der Waals surface area contributed by atoms with Crippen molar-refractivity contribution in [3.8, 4) is 5.75 Å². The number of benzene rings is 2. The van der Waals surface area contributed by atoms with Crippen molar-refractivity contribution in [3.63, 3.8) is 0 Å². The maximum absolute atomic E-state index is 13.2. The SMILES string of the molecule is O=C(/C=C/c1ccccc1)N1CCC(Oc2ccc(F)c(F)c2)CC1. The third-order valence-corrected chi connectivity index (χ3v) is 4.17. The van der Waals surface area contributed by atoms with Gasteiger partial charge in [-0.05, 0) is 23.8 Å². The lowest BCUT2D eigenvalue weighted by Crippen LogP contribution is -2.41. The van der Waals surface area contributed by atoms with Crippen LogP contribution in [0.25, 0.3) is 6.08 Å². The van der Waals surface area contributed by atoms with Gasteiger partial charge in [0.2, 0.25) is 5.91 Å². The van der Waals surface area contributed by atoms with E-state index in [0.29, 0.717) is 31.7 Å². The van der Waals surface area contributed by atoms with Gasteiger partial charge in [0.15, 0.2) is 11.6 Å². The van der Waals surface area contributed by atoms with Crippen LogP contribution in [-0.2, 0) is 4.79 Å². The first-order valence-electron chi connectivity index (χ1n) is 8.25. The molecule has 1 saturated heterocycles. The minimum atomic E-state index is -0.920. The van der Waals surface area contributed by atoms with Crippen molar-refractivity contribution in [3.05, 3.63) is 71.8 Å². The number of piperidine rings is 1. The van der Waals surface area contributed by atoms with Gasteiger partial charge in [0.1, 0.15) is 11.9 Å². The smallest absolute Gasteiger partial charge is 0.246 e. The summed E-state index contributed by atoms with van der Waals surface area (Å²) in [6, 6.07) is 13.2. The summed E-state index contributed by atoms with van der Waals surface area (Å²) in [4.78, 5) is 14.0. The van der Waals surface area contributed by atoms with Gasteiger partial charge in [0.05, 0.1) is 0 Å². The van der Waals surface area contributed by atoms with Crippen LogP contribution in [0.3, 0.4) is 0 Å². The Morgan fingerprint density at radius 1 is 1.04 bits per heavy atom. The molecule has 0 bridgehead atoms. The van der Waals surface area contributed by atoms with Crippen LogP contribution in [0.4, 0.5) is 8.78 Å². The van der Waals surface area contributed by atoms with Crippen LogP contribution >= 0.6 is 0 Å². The predicted octanol–water partition coefficient (Wildman–Crippen LogP) is 4.05. The Morgan fingerprint density at radius 2 is 1.76 bits per heavy atom. The van der Waals surface area contributed by atoms with E-state index in [-0.39, 0.29) is 12.0 Å². The number of carbonyl (C=O) groups is 1. The second kappa shape index (κ2) is 7.92. The summed E-state index contributed by atoms with van der Waals surface area (Å²) in [6.45, 7) is 1.15. The molecule has 0 spiro atoms. The molecule has 25 heavy (non-hydrogen) atoms. The summed E-state index contributed by atoms with van der Waals surface area (Å²) >= 11 is 0. The summed E-state index contributed by atoms with van der Waals surface area (Å²) in [5.74, 6) is -1.53. The number of likely N-dealkylation sites (tertiary alicyclic amines) is 1. The Bertz CT molecular complexity index is 754. The first-order chi connectivity index (χ1) is 12.1. The molecule has 2 aromatic rings. The average molecular weight is 343 g/mol. The normalized spacial score (nSPS) is 15.5. The lowest BCUT2D eigenvalue weighted by atomic mass is 10.1. The number of ether oxygens (including phenoxy) is 1. The highest BCUT2D eigenvalue weighted by Gasteiger charge is 2.23. The van der Waals surface area contributed by atoms with Gasteiger partial charge in [-0.2, -0.15) is 0 Å². The summed E-state index contributed by atoms with van der Waals surface area (Å²) in [5, 5.41) is 0. The molecule has 0 atom stereocenters. The number of amides is 1. The van der Waals surface area contributed by atoms with Crippen LogP contribution in [0.15, 0.2) is 54.6 Å². The second-order valence-electron chi connectivity index (χ2n) is 5.96. The van der Waals surface area contributed by atoms with Gasteiger partial charge in [-0.1, -0.05) is 30.3 Å². The van der Waals surface area contributed by atoms with E-state index in [2.05, 4.69) is 0 Å². The van der Waals surface area contributed by atoms with Crippen LogP contribution in [0.2, 0.25) is 0 Å². The molecule has 1 aliphatic heterocycles. The lowest BCUT2D eigenvalue weighted by molar-refractivity contribution is -0.127. The van der Waals surface area contributed by atoms with E-state index in [0.717, 1.165) is 17.7 Å². The lowest BCUT2D eigenvalue weighted by Gasteiger charge is -2.31. The zero-order chi connectivity index (χ0) is 17.6. The molecular formula is C20H19F2NO2. The van der Waals surface area contributed by atoms with E-state index in [1.54, 1.807) is 17.1 Å². The minimum Gasteiger partial charge on any atom is -0.490 e. The number of halogens is 2. The summed E-state index contributed by atoms with van der Waals surface area (Å²) in [5.41, 5.74) is 0.979. The highest BCUT2D eigenvalue weighted by molar-refractivity contribution is 5.91. The maximum atomic E-state index is 13.2. The van der Waals surface area contributed by atoms with Gasteiger partial charge in [0.25, 0.3) is 0 Å². The van der Waals surface area contributed by atoms with Crippen molar-refractivity contribution in [1.82, 2.24) is 4.90 Å². The molecule has 0 N–H and O–H groups in total. The molecule has 130 valence electrons. The average Bonchev–Trinajstić information content (AvgIpc) is 2.64. The molecule has 3 rings (SSSR count). The molecule has 3 nitrogen and oxygen atoms in total. The molecule has 1 aliphatic rings. The molecule has 1 heterocycles. The van der Waals surface area contributed by atoms with Crippen molar-refractivity contribution < 1.29 is 18.3 Å². The van der Waals surface area contributed by atoms with Gasteiger partial charge in [-0.25, -0.2) is 8.78 Å². The number of hydrogen-bond acceptors (Lipinski definition) is 2. The van der Waals surface area contributed by atoms with Crippen molar-refractivity contribution in [2.75, 3.05) is 13.1 Å². The third kappa shape index (κ3) is 4.66. The van der Waals surface area contributed by atoms with E-state index < -0.39 is 11.6 Å². The maximum Gasteiger partial charge on any atom is 0.246 e. The van der Waals surface area contributed by atoms with Crippen molar-refractivity contribution in [2.45, 2.75) is 18.9 Å². The van der Waals surface area contributed by atoms with Gasteiger partial charge in [0, 0.05) is 38.1 Å². The molecule has 1 fully saturated rings. The molecule has 0 unspecified atom stereocenters. The number of nitrogens with zero attached hydrogens (tertiary/aromatic N) is 1. The fraction of sp³-hybridized carbons (Fsp3) is 0.250. The van der Waals surface area contributed by atoms with E-state index in [9.17, 15) is 13.6 Å². The Labute approximate surface area is 145 Å². The summed E-state index contributed by atoms with van der Waals surface area (Å²) in [6.07, 6.45) is 4.58. The first-order valence-corrected chi connectivity index (χ1v) is 8.25. The zero-order valence-electron chi connectivity index (χ0n) is 13.7. The quantitative estimate of drug-likeness (QED) is 0.784. The fourth-order valence-corrected chi connectivity index (χ4v) is 2.77. The number of hydrogen-bond donors (Lipinski definition) is 0. The number of carbonyl (C=O) groups excluding carboxylic acids is 1. The van der Waals surface area contributed by atoms with Crippen LogP contribution in [0.1, 0.15) is 18.4 Å². The topological polar surface area (TPSA) is 29.5 Å². The number of rotatable bonds is 4. The predicted molar refractivity (Wildman–Crippen MR) is 92.1 cm³/mol. The van der Waals surface area contributed by atoms with Gasteiger partial charge >= 0.3 is 0 Å². The first kappa shape index (κ1) is 17.1. The van der Waals surface area contributed by atoms with E-state index >= 15 is 0 Å². The van der Waals surface area contributed by atoms with Gasteiger partial charge < -0.3 is 9.64 Å². The van der Waals surface area contributed by atoms with Crippen molar-refractivity contribution in [1.29, 1.82) is 0 Å². The second-order valence-corrected chi connectivity index (χ2v) is 5.96. The Hall–Kier alpha value is -2.69. The van der Waals surface area contributed by atoms with Gasteiger partial charge in [-0.3, -0.25) is 4.79 Å². The van der Waals surface area contributed by atoms with E-state index in [4.69, 9.17) is 4.74 Å². The standard InChI is InChI=1S/C20H19F2NO2/c21-18-8-7-17(14-19(18)22)25-16-10-12-23(13-11-16)20(24)9-6-15-4-2-1-3-5-15/h1-9,14,16H,10-13H2/b9-6+. The van der Waals surface area contributed by atoms with Crippen LogP contribution < -0.4 is 4.74 Å². The molecular weight excluding hydrogens is 324 g/mol. The Kier molecular flexibility index (Phi) is 5.43. The van der Waals surface area contributed by atoms with Crippen molar-refractivity contribution in [2.24, 2.45) is 0 Å². The van der Waals surface area contributed by atoms with Gasteiger partial charge in [-0.15, -0.1) is 0 Å². The third-order valence-electron chi connectivity index (χ3n) is 4.17. The molecule has 0 radical (unpaired) electrons.